The Kier molecular flexibility index (Phi) is 4.24. The highest BCUT2D eigenvalue weighted by molar-refractivity contribution is 7.98. The maximum atomic E-state index is 4.17. The van der Waals surface area contributed by atoms with Gasteiger partial charge in [0.25, 0.3) is 0 Å². The van der Waals surface area contributed by atoms with Crippen LogP contribution in [-0.4, -0.2) is 20.2 Å². The van der Waals surface area contributed by atoms with Crippen LogP contribution < -0.4 is 0 Å². The van der Waals surface area contributed by atoms with Gasteiger partial charge in [0.1, 0.15) is 0 Å². The van der Waals surface area contributed by atoms with Crippen molar-refractivity contribution in [1.82, 2.24) is 20.2 Å². The Morgan fingerprint density at radius 2 is 1.82 bits per heavy atom. The molecule has 0 spiro atoms. The van der Waals surface area contributed by atoms with Gasteiger partial charge in [-0.2, -0.15) is 4.68 Å². The van der Waals surface area contributed by atoms with Gasteiger partial charge in [0.2, 0.25) is 5.16 Å². The number of rotatable bonds is 4. The highest BCUT2D eigenvalue weighted by atomic mass is 32.2. The summed E-state index contributed by atoms with van der Waals surface area (Å²) in [7, 11) is 0. The summed E-state index contributed by atoms with van der Waals surface area (Å²) in [6, 6.07) is 14.7. The van der Waals surface area contributed by atoms with Crippen molar-refractivity contribution in [2.24, 2.45) is 0 Å². The molecule has 0 amide bonds. The summed E-state index contributed by atoms with van der Waals surface area (Å²) >= 11 is 1.66. The van der Waals surface area contributed by atoms with Gasteiger partial charge in [-0.15, -0.1) is 5.10 Å². The van der Waals surface area contributed by atoms with E-state index in [2.05, 4.69) is 78.8 Å². The first-order chi connectivity index (χ1) is 10.6. The molecule has 1 heterocycles. The van der Waals surface area contributed by atoms with E-state index in [4.69, 9.17) is 0 Å². The molecule has 4 nitrogen and oxygen atoms in total. The molecule has 1 aromatic heterocycles. The van der Waals surface area contributed by atoms with E-state index in [1.807, 2.05) is 4.68 Å². The van der Waals surface area contributed by atoms with Gasteiger partial charge in [-0.3, -0.25) is 0 Å². The summed E-state index contributed by atoms with van der Waals surface area (Å²) in [5.74, 6) is 0.859. The van der Waals surface area contributed by atoms with Crippen molar-refractivity contribution in [1.29, 1.82) is 0 Å². The summed E-state index contributed by atoms with van der Waals surface area (Å²) in [5, 5.41) is 13.0. The summed E-state index contributed by atoms with van der Waals surface area (Å²) in [5.41, 5.74) is 6.00. The molecular formula is C17H18N4S. The number of benzene rings is 2. The van der Waals surface area contributed by atoms with Crippen LogP contribution in [0.2, 0.25) is 0 Å². The molecular weight excluding hydrogens is 292 g/mol. The van der Waals surface area contributed by atoms with Gasteiger partial charge in [-0.05, 0) is 59.5 Å². The molecule has 0 radical (unpaired) electrons. The molecule has 2 aromatic carbocycles. The van der Waals surface area contributed by atoms with Gasteiger partial charge in [-0.25, -0.2) is 0 Å². The van der Waals surface area contributed by atoms with Crippen molar-refractivity contribution in [2.45, 2.75) is 31.7 Å². The first-order valence-electron chi connectivity index (χ1n) is 7.18. The van der Waals surface area contributed by atoms with Crippen LogP contribution in [0.15, 0.2) is 47.6 Å². The molecule has 0 aliphatic carbocycles. The molecule has 0 bridgehead atoms. The number of nitrogens with zero attached hydrogens (tertiary/aromatic N) is 4. The lowest BCUT2D eigenvalue weighted by molar-refractivity contribution is 0.751. The Hall–Kier alpha value is -2.14. The lowest BCUT2D eigenvalue weighted by atomic mass is 10.1. The van der Waals surface area contributed by atoms with E-state index in [1.165, 1.54) is 16.7 Å². The zero-order valence-corrected chi connectivity index (χ0v) is 13.8. The molecule has 0 saturated carbocycles. The maximum Gasteiger partial charge on any atom is 0.214 e. The monoisotopic (exact) mass is 310 g/mol. The second-order valence-electron chi connectivity index (χ2n) is 5.38. The second kappa shape index (κ2) is 6.32. The summed E-state index contributed by atoms with van der Waals surface area (Å²) < 4.78 is 1.82. The highest BCUT2D eigenvalue weighted by Gasteiger charge is 2.12. The quantitative estimate of drug-likeness (QED) is 0.686. The third-order valence-electron chi connectivity index (χ3n) is 3.65. The Morgan fingerprint density at radius 1 is 1.00 bits per heavy atom. The smallest absolute Gasteiger partial charge is 0.187 e. The summed E-state index contributed by atoms with van der Waals surface area (Å²) in [6.07, 6.45) is 0. The van der Waals surface area contributed by atoms with Gasteiger partial charge < -0.3 is 0 Å². The lowest BCUT2D eigenvalue weighted by Crippen LogP contribution is -2.02. The summed E-state index contributed by atoms with van der Waals surface area (Å²) in [4.78, 5) is 0. The molecule has 0 atom stereocenters. The van der Waals surface area contributed by atoms with Gasteiger partial charge in [0, 0.05) is 5.75 Å². The number of aromatic nitrogens is 4. The van der Waals surface area contributed by atoms with Crippen LogP contribution in [0, 0.1) is 20.8 Å². The normalized spacial score (nSPS) is 10.9. The zero-order chi connectivity index (χ0) is 15.5. The first-order valence-corrected chi connectivity index (χ1v) is 8.17. The number of aryl methyl sites for hydroxylation is 3. The average molecular weight is 310 g/mol. The molecule has 0 saturated heterocycles. The maximum absolute atomic E-state index is 4.17. The van der Waals surface area contributed by atoms with Gasteiger partial charge in [0.05, 0.1) is 5.69 Å². The van der Waals surface area contributed by atoms with Crippen LogP contribution in [0.3, 0.4) is 0 Å². The van der Waals surface area contributed by atoms with Gasteiger partial charge >= 0.3 is 0 Å². The molecule has 5 heteroatoms. The molecule has 0 aliphatic rings. The predicted octanol–water partition coefficient (Wildman–Crippen LogP) is 3.88. The van der Waals surface area contributed by atoms with Crippen LogP contribution in [0.25, 0.3) is 5.69 Å². The Morgan fingerprint density at radius 3 is 2.64 bits per heavy atom. The van der Waals surface area contributed by atoms with E-state index in [1.54, 1.807) is 11.8 Å². The van der Waals surface area contributed by atoms with Crippen molar-refractivity contribution in [3.63, 3.8) is 0 Å². The largest absolute Gasteiger partial charge is 0.214 e. The Bertz CT molecular complexity index is 795. The van der Waals surface area contributed by atoms with E-state index >= 15 is 0 Å². The number of thioether (sulfide) groups is 1. The van der Waals surface area contributed by atoms with E-state index < -0.39 is 0 Å². The zero-order valence-electron chi connectivity index (χ0n) is 12.9. The van der Waals surface area contributed by atoms with Gasteiger partial charge in [0.15, 0.2) is 0 Å². The van der Waals surface area contributed by atoms with Crippen molar-refractivity contribution in [3.8, 4) is 5.69 Å². The molecule has 3 rings (SSSR count). The standard InChI is InChI=1S/C17H18N4S/c1-12-8-9-14(3)16(10-12)21-17(18-19-20-21)22-11-15-7-5-4-6-13(15)2/h4-10H,11H2,1-3H3. The molecule has 112 valence electrons. The Balaban J connectivity index is 1.87. The first kappa shape index (κ1) is 14.8. The minimum Gasteiger partial charge on any atom is -0.187 e. The number of hydrogen-bond acceptors (Lipinski definition) is 4. The molecule has 22 heavy (non-hydrogen) atoms. The summed E-state index contributed by atoms with van der Waals surface area (Å²) in [6.45, 7) is 6.28. The van der Waals surface area contributed by atoms with Crippen molar-refractivity contribution < 1.29 is 0 Å². The molecule has 3 aromatic rings. The fraction of sp³-hybridized carbons (Fsp3) is 0.235. The fourth-order valence-corrected chi connectivity index (χ4v) is 3.24. The van der Waals surface area contributed by atoms with Crippen LogP contribution in [-0.2, 0) is 5.75 Å². The SMILES string of the molecule is Cc1ccc(C)c(-n2nnnc2SCc2ccccc2C)c1. The van der Waals surface area contributed by atoms with E-state index in [0.29, 0.717) is 0 Å². The van der Waals surface area contributed by atoms with Crippen molar-refractivity contribution in [2.75, 3.05) is 0 Å². The minimum absolute atomic E-state index is 0.817. The van der Waals surface area contributed by atoms with Crippen molar-refractivity contribution >= 4 is 11.8 Å². The lowest BCUT2D eigenvalue weighted by Gasteiger charge is -2.09. The topological polar surface area (TPSA) is 43.6 Å². The molecule has 0 fully saturated rings. The van der Waals surface area contributed by atoms with Crippen molar-refractivity contribution in [3.05, 3.63) is 64.7 Å². The molecule has 0 aliphatic heterocycles. The van der Waals surface area contributed by atoms with E-state index in [-0.39, 0.29) is 0 Å². The average Bonchev–Trinajstić information content (AvgIpc) is 2.97. The van der Waals surface area contributed by atoms with E-state index in [9.17, 15) is 0 Å². The number of tetrazole rings is 1. The van der Waals surface area contributed by atoms with Crippen LogP contribution in [0.1, 0.15) is 22.3 Å². The second-order valence-corrected chi connectivity index (χ2v) is 6.32. The number of hydrogen-bond donors (Lipinski definition) is 0. The van der Waals surface area contributed by atoms with Crippen LogP contribution in [0.4, 0.5) is 0 Å². The molecule has 0 unspecified atom stereocenters. The highest BCUT2D eigenvalue weighted by Crippen LogP contribution is 2.25. The third-order valence-corrected chi connectivity index (χ3v) is 4.62. The molecule has 0 N–H and O–H groups in total. The predicted molar refractivity (Wildman–Crippen MR) is 89.4 cm³/mol. The fourth-order valence-electron chi connectivity index (χ4n) is 2.28. The van der Waals surface area contributed by atoms with Gasteiger partial charge in [-0.1, -0.05) is 48.2 Å². The van der Waals surface area contributed by atoms with E-state index in [0.717, 1.165) is 22.2 Å². The van der Waals surface area contributed by atoms with Crippen LogP contribution in [0.5, 0.6) is 0 Å². The Labute approximate surface area is 134 Å². The third kappa shape index (κ3) is 3.04. The minimum atomic E-state index is 0.817. The van der Waals surface area contributed by atoms with Crippen LogP contribution >= 0.6 is 11.8 Å².